The maximum atomic E-state index is 14.7. The second-order valence-corrected chi connectivity index (χ2v) is 13.6. The highest BCUT2D eigenvalue weighted by atomic mass is 79.9. The zero-order valence-electron chi connectivity index (χ0n) is 26.1. The summed E-state index contributed by atoms with van der Waals surface area (Å²) in [5, 5.41) is 13.4. The highest BCUT2D eigenvalue weighted by Gasteiger charge is 2.76. The third-order valence-electron chi connectivity index (χ3n) is 9.18. The Morgan fingerprint density at radius 3 is 2.62 bits per heavy atom. The maximum Gasteiger partial charge on any atom is 0.306 e. The van der Waals surface area contributed by atoms with Crippen LogP contribution in [0, 0.1) is 18.8 Å². The van der Waals surface area contributed by atoms with Crippen molar-refractivity contribution in [2.45, 2.75) is 54.8 Å². The van der Waals surface area contributed by atoms with Crippen LogP contribution in [-0.2, 0) is 28.7 Å². The number of aliphatic hydroxyl groups excluding tert-OH is 1. The molecule has 3 heterocycles. The number of β-amino-alcohol motifs (C(OH)–C–C–N with tert-alkyl or cyclic N) is 1. The number of carbonyl (C=O) groups excluding carboxylic acids is 4. The van der Waals surface area contributed by atoms with E-state index < -0.39 is 65.9 Å². The lowest BCUT2D eigenvalue weighted by molar-refractivity contribution is -0.146. The molecule has 5 rings (SSSR count). The lowest BCUT2D eigenvalue weighted by Crippen LogP contribution is -2.57. The van der Waals surface area contributed by atoms with Gasteiger partial charge >= 0.3 is 5.97 Å². The number of likely N-dealkylation sites (tertiary alicyclic amines) is 1. The Labute approximate surface area is 287 Å². The fraction of sp³-hybridized carbons (Fsp3) is 0.429. The second-order valence-electron chi connectivity index (χ2n) is 12.0. The Kier molecular flexibility index (Phi) is 10.9. The molecule has 7 atom stereocenters. The van der Waals surface area contributed by atoms with E-state index in [0.29, 0.717) is 23.6 Å². The number of allylic oxidation sites excluding steroid dienone is 1. The van der Waals surface area contributed by atoms with Crippen molar-refractivity contribution in [2.24, 2.45) is 11.8 Å². The number of amides is 3. The van der Waals surface area contributed by atoms with Crippen LogP contribution in [0.4, 0.5) is 5.69 Å². The van der Waals surface area contributed by atoms with Crippen molar-refractivity contribution in [3.8, 4) is 0 Å². The molecule has 0 radical (unpaired) electrons. The van der Waals surface area contributed by atoms with E-state index in [2.05, 4.69) is 34.4 Å². The number of aliphatic hydroxyl groups is 1. The minimum Gasteiger partial charge on any atom is -0.463 e. The molecule has 3 saturated heterocycles. The van der Waals surface area contributed by atoms with Gasteiger partial charge in [0.2, 0.25) is 11.8 Å². The van der Waals surface area contributed by atoms with Gasteiger partial charge < -0.3 is 29.7 Å². The van der Waals surface area contributed by atoms with E-state index in [1.807, 2.05) is 43.3 Å². The minimum atomic E-state index is -1.35. The second kappa shape index (κ2) is 14.7. The SMILES string of the molecule is C=CCCC(=O)OC[C@@H](NC(=O)[C@H]1[C@@H]2O[C@@]3(CC2Br)[C@@H]1C(=O)N(CCO)[C@@H]3C(=O)N(CC=C)c1c(C)cccc1Cl)c1ccccc1. The van der Waals surface area contributed by atoms with Gasteiger partial charge in [0.15, 0.2) is 0 Å². The monoisotopic (exact) mass is 727 g/mol. The van der Waals surface area contributed by atoms with Crippen molar-refractivity contribution in [1.82, 2.24) is 10.2 Å². The average Bonchev–Trinajstić information content (AvgIpc) is 3.65. The van der Waals surface area contributed by atoms with E-state index >= 15 is 0 Å². The number of ether oxygens (including phenoxy) is 2. The molecule has 47 heavy (non-hydrogen) atoms. The topological polar surface area (TPSA) is 125 Å². The first-order valence-corrected chi connectivity index (χ1v) is 16.9. The number of halogens is 2. The molecule has 12 heteroatoms. The number of carbonyl (C=O) groups is 4. The van der Waals surface area contributed by atoms with Gasteiger partial charge in [0, 0.05) is 24.3 Å². The third kappa shape index (κ3) is 6.50. The molecule has 0 aromatic heterocycles. The van der Waals surface area contributed by atoms with Crippen molar-refractivity contribution in [3.05, 3.63) is 90.0 Å². The Morgan fingerprint density at radius 1 is 1.21 bits per heavy atom. The molecule has 2 aromatic rings. The first-order valence-electron chi connectivity index (χ1n) is 15.6. The number of nitrogens with one attached hydrogen (secondary N) is 1. The number of nitrogens with zero attached hydrogens (tertiary/aromatic N) is 2. The Balaban J connectivity index is 1.48. The molecule has 2 N–H and O–H groups in total. The van der Waals surface area contributed by atoms with Crippen LogP contribution in [0.25, 0.3) is 0 Å². The molecule has 10 nitrogen and oxygen atoms in total. The lowest BCUT2D eigenvalue weighted by Gasteiger charge is -2.37. The summed E-state index contributed by atoms with van der Waals surface area (Å²) >= 11 is 10.3. The van der Waals surface area contributed by atoms with Crippen LogP contribution in [0.15, 0.2) is 73.8 Å². The van der Waals surface area contributed by atoms with Crippen LogP contribution in [0.2, 0.25) is 5.02 Å². The zero-order chi connectivity index (χ0) is 33.9. The number of anilines is 1. The Morgan fingerprint density at radius 2 is 1.96 bits per heavy atom. The first-order chi connectivity index (χ1) is 22.6. The van der Waals surface area contributed by atoms with Crippen LogP contribution in [0.5, 0.6) is 0 Å². The van der Waals surface area contributed by atoms with Gasteiger partial charge in [-0.25, -0.2) is 0 Å². The predicted octanol–water partition coefficient (Wildman–Crippen LogP) is 4.27. The molecule has 2 bridgehead atoms. The molecular weight excluding hydrogens is 690 g/mol. The summed E-state index contributed by atoms with van der Waals surface area (Å²) in [5.74, 6) is -3.73. The van der Waals surface area contributed by atoms with E-state index in [-0.39, 0.29) is 30.9 Å². The van der Waals surface area contributed by atoms with Crippen molar-refractivity contribution in [3.63, 3.8) is 0 Å². The van der Waals surface area contributed by atoms with E-state index in [4.69, 9.17) is 21.1 Å². The molecule has 3 aliphatic rings. The van der Waals surface area contributed by atoms with Gasteiger partial charge in [0.05, 0.1) is 41.3 Å². The summed E-state index contributed by atoms with van der Waals surface area (Å²) in [6.07, 6.45) is 3.41. The molecule has 1 unspecified atom stereocenters. The minimum absolute atomic E-state index is 0.108. The Bertz CT molecular complexity index is 1520. The van der Waals surface area contributed by atoms with Crippen LogP contribution >= 0.6 is 27.5 Å². The number of hydrogen-bond donors (Lipinski definition) is 2. The van der Waals surface area contributed by atoms with Crippen molar-refractivity contribution in [1.29, 1.82) is 0 Å². The standard InChI is InChI=1S/C35H39BrClN3O7/c1-4-6-15-26(42)46-20-25(22-12-8-7-9-13-22)38-32(43)27-28-33(44)40(17-18-41)31(35(28)19-23(36)30(27)47-35)34(45)39(16-5-2)29-21(3)11-10-14-24(29)37/h4-5,7-14,23,25,27-28,30-31,41H,1-2,6,15-20H2,3H3,(H,38,43)/t23?,25-,27-,28+,30-,31-,35+/m1/s1. The predicted molar refractivity (Wildman–Crippen MR) is 181 cm³/mol. The van der Waals surface area contributed by atoms with Crippen molar-refractivity contribution >= 4 is 56.9 Å². The number of rotatable bonds is 14. The number of para-hydroxylation sites is 1. The molecule has 250 valence electrons. The van der Waals surface area contributed by atoms with Gasteiger partial charge in [-0.05, 0) is 37.0 Å². The number of esters is 1. The van der Waals surface area contributed by atoms with E-state index in [9.17, 15) is 24.3 Å². The molecule has 2 aromatic carbocycles. The van der Waals surface area contributed by atoms with E-state index in [0.717, 1.165) is 11.1 Å². The summed E-state index contributed by atoms with van der Waals surface area (Å²) < 4.78 is 12.1. The summed E-state index contributed by atoms with van der Waals surface area (Å²) in [7, 11) is 0. The van der Waals surface area contributed by atoms with Crippen molar-refractivity contribution in [2.75, 3.05) is 31.2 Å². The summed E-state index contributed by atoms with van der Waals surface area (Å²) in [6.45, 7) is 8.78. The largest absolute Gasteiger partial charge is 0.463 e. The number of alkyl halides is 1. The zero-order valence-corrected chi connectivity index (χ0v) is 28.5. The van der Waals surface area contributed by atoms with Gasteiger partial charge in [0.1, 0.15) is 18.2 Å². The molecule has 3 amide bonds. The highest BCUT2D eigenvalue weighted by Crippen LogP contribution is 2.60. The van der Waals surface area contributed by atoms with Gasteiger partial charge in [-0.3, -0.25) is 19.2 Å². The average molecular weight is 729 g/mol. The molecule has 1 spiro atoms. The molecular formula is C35H39BrClN3O7. The third-order valence-corrected chi connectivity index (χ3v) is 10.3. The fourth-order valence-electron chi connectivity index (χ4n) is 7.23. The molecule has 0 saturated carbocycles. The molecule has 3 fully saturated rings. The normalized spacial score (nSPS) is 26.4. The number of fused-ring (bicyclic) bond motifs is 1. The highest BCUT2D eigenvalue weighted by molar-refractivity contribution is 9.09. The van der Waals surface area contributed by atoms with Crippen molar-refractivity contribution < 1.29 is 33.8 Å². The molecule has 0 aliphatic carbocycles. The van der Waals surface area contributed by atoms with E-state index in [1.54, 1.807) is 24.3 Å². The summed E-state index contributed by atoms with van der Waals surface area (Å²) in [4.78, 5) is 58.0. The summed E-state index contributed by atoms with van der Waals surface area (Å²) in [6, 6.07) is 12.6. The van der Waals surface area contributed by atoms with Crippen LogP contribution < -0.4 is 10.2 Å². The van der Waals surface area contributed by atoms with Gasteiger partial charge in [-0.2, -0.15) is 0 Å². The molecule has 3 aliphatic heterocycles. The van der Waals surface area contributed by atoms with Crippen LogP contribution in [0.3, 0.4) is 0 Å². The number of aryl methyl sites for hydroxylation is 1. The smallest absolute Gasteiger partial charge is 0.306 e. The summed E-state index contributed by atoms with van der Waals surface area (Å²) in [5.41, 5.74) is 0.609. The number of hydrogen-bond acceptors (Lipinski definition) is 7. The van der Waals surface area contributed by atoms with Gasteiger partial charge in [0.25, 0.3) is 5.91 Å². The van der Waals surface area contributed by atoms with Gasteiger partial charge in [-0.1, -0.05) is 82.1 Å². The first kappa shape index (κ1) is 34.8. The van der Waals surface area contributed by atoms with E-state index in [1.165, 1.54) is 9.80 Å². The Hall–Kier alpha value is -3.51. The quantitative estimate of drug-likeness (QED) is 0.169. The maximum absolute atomic E-state index is 14.7. The van der Waals surface area contributed by atoms with Crippen LogP contribution in [-0.4, -0.2) is 82.6 Å². The van der Waals surface area contributed by atoms with Crippen LogP contribution in [0.1, 0.15) is 36.4 Å². The number of benzene rings is 2. The van der Waals surface area contributed by atoms with Gasteiger partial charge in [-0.15, -0.1) is 13.2 Å². The lowest BCUT2D eigenvalue weighted by atomic mass is 9.70. The fourth-order valence-corrected chi connectivity index (χ4v) is 8.50.